The minimum atomic E-state index is -0.359. The first-order valence-electron chi connectivity index (χ1n) is 9.29. The number of thioether (sulfide) groups is 4. The molecule has 2 rings (SSSR count). The van der Waals surface area contributed by atoms with Gasteiger partial charge in [0.25, 0.3) is 0 Å². The topological polar surface area (TPSA) is 52.6 Å². The van der Waals surface area contributed by atoms with Gasteiger partial charge in [-0.3, -0.25) is 0 Å². The predicted octanol–water partition coefficient (Wildman–Crippen LogP) is 4.51. The Hall–Kier alpha value is 0.170. The maximum Gasteiger partial charge on any atom is 0.330 e. The van der Waals surface area contributed by atoms with Crippen LogP contribution in [0.5, 0.6) is 0 Å². The first-order valence-corrected chi connectivity index (χ1v) is 13.8. The quantitative estimate of drug-likeness (QED) is 0.263. The number of rotatable bonds is 11. The molecule has 6 unspecified atom stereocenters. The van der Waals surface area contributed by atoms with Crippen molar-refractivity contribution in [2.24, 2.45) is 5.92 Å². The summed E-state index contributed by atoms with van der Waals surface area (Å²) in [7, 11) is 0. The van der Waals surface area contributed by atoms with Gasteiger partial charge in [0.15, 0.2) is 0 Å². The molecule has 0 aromatic rings. The van der Waals surface area contributed by atoms with Crippen molar-refractivity contribution in [2.75, 3.05) is 24.7 Å². The maximum atomic E-state index is 11.3. The van der Waals surface area contributed by atoms with Crippen molar-refractivity contribution in [1.29, 1.82) is 0 Å². The number of hydrogen-bond donors (Lipinski definition) is 1. The number of esters is 2. The number of carbonyl (C=O) groups is 2. The van der Waals surface area contributed by atoms with E-state index in [2.05, 4.69) is 20.1 Å². The highest BCUT2D eigenvalue weighted by atomic mass is 32.2. The third-order valence-electron chi connectivity index (χ3n) is 4.39. The highest BCUT2D eigenvalue weighted by Crippen LogP contribution is 2.50. The molecule has 0 aromatic heterocycles. The fourth-order valence-corrected chi connectivity index (χ4v) is 11.0. The Bertz CT molecular complexity index is 558. The minimum Gasteiger partial charge on any atom is -0.461 e. The summed E-state index contributed by atoms with van der Waals surface area (Å²) in [5.41, 5.74) is 0. The highest BCUT2D eigenvalue weighted by Gasteiger charge is 2.41. The maximum absolute atomic E-state index is 11.3. The van der Waals surface area contributed by atoms with E-state index >= 15 is 0 Å². The number of thiol groups is 1. The molecule has 0 aliphatic carbocycles. The van der Waals surface area contributed by atoms with Crippen LogP contribution in [0.4, 0.5) is 0 Å². The van der Waals surface area contributed by atoms with Gasteiger partial charge in [0, 0.05) is 39.4 Å². The van der Waals surface area contributed by atoms with Gasteiger partial charge in [-0.1, -0.05) is 26.5 Å². The van der Waals surface area contributed by atoms with Gasteiger partial charge in [0.1, 0.15) is 13.2 Å². The first kappa shape index (κ1) is 24.4. The van der Waals surface area contributed by atoms with Crippen molar-refractivity contribution >= 4 is 71.6 Å². The summed E-state index contributed by atoms with van der Waals surface area (Å²) in [5.74, 6) is 1.74. The molecule has 158 valence electrons. The molecular formula is C19H28O4S5. The number of hydrogen-bond acceptors (Lipinski definition) is 9. The van der Waals surface area contributed by atoms with Crippen molar-refractivity contribution in [3.63, 3.8) is 0 Å². The molecule has 0 radical (unpaired) electrons. The van der Waals surface area contributed by atoms with Crippen LogP contribution in [0.1, 0.15) is 19.8 Å². The molecule has 2 saturated heterocycles. The molecule has 2 aliphatic heterocycles. The standard InChI is InChI=1S/C19H28O4S5/c1-4-7-14(18-25-10-12(27-18)8-22-15(20)5-2)17(24)19-26-11-13(28-19)9-23-16(21)6-3/h5-6,12-14,17-19,24H,2-4,7-11H2,1H3. The minimum absolute atomic E-state index is 0.273. The lowest BCUT2D eigenvalue weighted by Gasteiger charge is -2.31. The van der Waals surface area contributed by atoms with E-state index < -0.39 is 0 Å². The van der Waals surface area contributed by atoms with E-state index in [1.165, 1.54) is 12.2 Å². The largest absolute Gasteiger partial charge is 0.461 e. The SMILES string of the molecule is C=CC(=O)OCC1CSC(C(S)C(CCC)C2SCC(COC(=O)C=C)S2)S1. The zero-order valence-corrected chi connectivity index (χ0v) is 20.1. The smallest absolute Gasteiger partial charge is 0.330 e. The second kappa shape index (κ2) is 12.8. The van der Waals surface area contributed by atoms with Crippen LogP contribution in [0, 0.1) is 5.92 Å². The third kappa shape index (κ3) is 7.45. The molecule has 28 heavy (non-hydrogen) atoms. The van der Waals surface area contributed by atoms with Gasteiger partial charge >= 0.3 is 11.9 Å². The predicted molar refractivity (Wildman–Crippen MR) is 129 cm³/mol. The summed E-state index contributed by atoms with van der Waals surface area (Å²) in [6.07, 6.45) is 4.68. The Morgan fingerprint density at radius 1 is 1.04 bits per heavy atom. The molecule has 0 amide bonds. The molecule has 0 spiro atoms. The monoisotopic (exact) mass is 480 g/mol. The molecule has 0 N–H and O–H groups in total. The van der Waals surface area contributed by atoms with Crippen LogP contribution in [0.3, 0.4) is 0 Å². The van der Waals surface area contributed by atoms with Crippen molar-refractivity contribution in [3.8, 4) is 0 Å². The average Bonchev–Trinajstić information content (AvgIpc) is 3.37. The summed E-state index contributed by atoms with van der Waals surface area (Å²) in [6.45, 7) is 9.97. The van der Waals surface area contributed by atoms with Crippen LogP contribution in [-0.4, -0.2) is 61.6 Å². The van der Waals surface area contributed by atoms with Crippen molar-refractivity contribution in [2.45, 2.75) is 44.7 Å². The molecule has 0 aromatic carbocycles. The summed E-state index contributed by atoms with van der Waals surface area (Å²) < 4.78 is 11.3. The van der Waals surface area contributed by atoms with Crippen molar-refractivity contribution in [1.82, 2.24) is 0 Å². The average molecular weight is 481 g/mol. The molecule has 2 heterocycles. The van der Waals surface area contributed by atoms with Gasteiger partial charge in [0.05, 0.1) is 9.16 Å². The van der Waals surface area contributed by atoms with E-state index in [9.17, 15) is 9.59 Å². The molecular weight excluding hydrogens is 453 g/mol. The van der Waals surface area contributed by atoms with Crippen molar-refractivity contribution < 1.29 is 19.1 Å². The van der Waals surface area contributed by atoms with Gasteiger partial charge in [-0.2, -0.15) is 12.6 Å². The Kier molecular flexibility index (Phi) is 11.1. The van der Waals surface area contributed by atoms with Crippen LogP contribution >= 0.6 is 59.7 Å². The summed E-state index contributed by atoms with van der Waals surface area (Å²) >= 11 is 12.7. The van der Waals surface area contributed by atoms with Crippen LogP contribution in [0.25, 0.3) is 0 Å². The highest BCUT2D eigenvalue weighted by molar-refractivity contribution is 8.21. The van der Waals surface area contributed by atoms with Crippen molar-refractivity contribution in [3.05, 3.63) is 25.3 Å². The Labute approximate surface area is 190 Å². The fraction of sp³-hybridized carbons (Fsp3) is 0.684. The molecule has 6 atom stereocenters. The summed E-state index contributed by atoms with van der Waals surface area (Å²) in [5, 5.41) is 0.911. The number of carbonyl (C=O) groups excluding carboxylic acids is 2. The van der Waals surface area contributed by atoms with Crippen LogP contribution in [0.15, 0.2) is 25.3 Å². The zero-order chi connectivity index (χ0) is 20.5. The van der Waals surface area contributed by atoms with E-state index in [-0.39, 0.29) is 17.2 Å². The lowest BCUT2D eigenvalue weighted by molar-refractivity contribution is -0.138. The zero-order valence-electron chi connectivity index (χ0n) is 16.0. The normalized spacial score (nSPS) is 29.1. The van der Waals surface area contributed by atoms with E-state index in [1.54, 1.807) is 0 Å². The number of ether oxygens (including phenoxy) is 2. The second-order valence-electron chi connectivity index (χ2n) is 6.53. The first-order chi connectivity index (χ1) is 13.5. The second-order valence-corrected chi connectivity index (χ2v) is 13.0. The van der Waals surface area contributed by atoms with Gasteiger partial charge in [-0.05, 0) is 12.3 Å². The third-order valence-corrected chi connectivity index (χ3v) is 12.4. The molecule has 0 bridgehead atoms. The lowest BCUT2D eigenvalue weighted by atomic mass is 10.0. The lowest BCUT2D eigenvalue weighted by Crippen LogP contribution is -2.30. The molecule has 4 nitrogen and oxygen atoms in total. The van der Waals surface area contributed by atoms with E-state index in [1.807, 2.05) is 47.0 Å². The Morgan fingerprint density at radius 3 is 2.04 bits per heavy atom. The van der Waals surface area contributed by atoms with Gasteiger partial charge in [0.2, 0.25) is 0 Å². The summed E-state index contributed by atoms with van der Waals surface area (Å²) in [4.78, 5) is 22.6. The Morgan fingerprint density at radius 2 is 1.54 bits per heavy atom. The van der Waals surface area contributed by atoms with Gasteiger partial charge in [-0.25, -0.2) is 9.59 Å². The van der Waals surface area contributed by atoms with Gasteiger partial charge in [-0.15, -0.1) is 47.0 Å². The molecule has 2 fully saturated rings. The fourth-order valence-electron chi connectivity index (χ4n) is 2.99. The van der Waals surface area contributed by atoms with E-state index in [0.717, 1.165) is 24.3 Å². The molecule has 0 saturated carbocycles. The van der Waals surface area contributed by atoms with E-state index in [0.29, 0.717) is 38.8 Å². The van der Waals surface area contributed by atoms with Crippen LogP contribution in [0.2, 0.25) is 0 Å². The molecule has 2 aliphatic rings. The summed E-state index contributed by atoms with van der Waals surface area (Å²) in [6, 6.07) is 0. The Balaban J connectivity index is 1.85. The van der Waals surface area contributed by atoms with Gasteiger partial charge < -0.3 is 9.47 Å². The van der Waals surface area contributed by atoms with Crippen LogP contribution < -0.4 is 0 Å². The molecule has 9 heteroatoms. The van der Waals surface area contributed by atoms with Crippen LogP contribution in [-0.2, 0) is 19.1 Å². The van der Waals surface area contributed by atoms with E-state index in [4.69, 9.17) is 22.1 Å².